The van der Waals surface area contributed by atoms with Crippen molar-refractivity contribution in [1.29, 1.82) is 0 Å². The van der Waals surface area contributed by atoms with Gasteiger partial charge in [-0.25, -0.2) is 4.79 Å². The normalized spacial score (nSPS) is 11.4. The van der Waals surface area contributed by atoms with Crippen molar-refractivity contribution in [3.63, 3.8) is 0 Å². The van der Waals surface area contributed by atoms with Crippen LogP contribution in [0.3, 0.4) is 0 Å². The molecule has 28 heavy (non-hydrogen) atoms. The zero-order chi connectivity index (χ0) is 20.5. The average molecular weight is 401 g/mol. The number of benzene rings is 2. The number of hydrogen-bond acceptors (Lipinski definition) is 5. The Morgan fingerprint density at radius 3 is 2.32 bits per heavy atom. The first-order chi connectivity index (χ1) is 13.4. The lowest BCUT2D eigenvalue weighted by Crippen LogP contribution is -2.41. The van der Waals surface area contributed by atoms with Gasteiger partial charge in [-0.05, 0) is 43.0 Å². The van der Waals surface area contributed by atoms with E-state index < -0.39 is 12.0 Å². The second kappa shape index (κ2) is 10.5. The fraction of sp³-hybridized carbons (Fsp3) is 0.286. The number of nitrogens with one attached hydrogen (secondary N) is 1. The Hall–Kier alpha value is -2.80. The fourth-order valence-corrected chi connectivity index (χ4v) is 2.80. The fourth-order valence-electron chi connectivity index (χ4n) is 2.39. The highest BCUT2D eigenvalue weighted by atomic mass is 32.2. The maximum Gasteiger partial charge on any atom is 0.328 e. The summed E-state index contributed by atoms with van der Waals surface area (Å²) in [6.07, 6.45) is 2.00. The molecule has 0 heterocycles. The van der Waals surface area contributed by atoms with Crippen LogP contribution in [0.2, 0.25) is 0 Å². The predicted octanol–water partition coefficient (Wildman–Crippen LogP) is 2.73. The molecule has 2 aromatic rings. The van der Waals surface area contributed by atoms with E-state index in [0.717, 1.165) is 10.5 Å². The molecular formula is C21H24N2O4S. The number of carbonyl (C=O) groups excluding carboxylic acids is 3. The van der Waals surface area contributed by atoms with Crippen molar-refractivity contribution in [2.24, 2.45) is 0 Å². The number of amides is 2. The maximum atomic E-state index is 12.2. The van der Waals surface area contributed by atoms with Gasteiger partial charge in [0.15, 0.2) is 6.61 Å². The van der Waals surface area contributed by atoms with Crippen molar-refractivity contribution in [2.45, 2.75) is 24.4 Å². The number of likely N-dealkylation sites (N-methyl/N-ethyl adjacent to an activating group) is 1. The average Bonchev–Trinajstić information content (AvgIpc) is 2.72. The molecule has 0 bridgehead atoms. The number of esters is 1. The molecule has 0 aromatic heterocycles. The molecule has 7 heteroatoms. The third kappa shape index (κ3) is 6.42. The SMILES string of the molecule is CSc1ccc(CN(C)C(=O)COC(=O)[C@H](C)NC(=O)c2ccccc2)cc1. The molecule has 0 saturated carbocycles. The summed E-state index contributed by atoms with van der Waals surface area (Å²) in [5.41, 5.74) is 1.44. The van der Waals surface area contributed by atoms with Gasteiger partial charge in [0.05, 0.1) is 0 Å². The third-order valence-electron chi connectivity index (χ3n) is 4.08. The smallest absolute Gasteiger partial charge is 0.328 e. The molecule has 148 valence electrons. The van der Waals surface area contributed by atoms with Crippen LogP contribution in [-0.4, -0.2) is 48.6 Å². The van der Waals surface area contributed by atoms with Gasteiger partial charge >= 0.3 is 5.97 Å². The molecule has 2 rings (SSSR count). The maximum absolute atomic E-state index is 12.2. The Morgan fingerprint density at radius 2 is 1.71 bits per heavy atom. The van der Waals surface area contributed by atoms with E-state index in [1.54, 1.807) is 49.1 Å². The van der Waals surface area contributed by atoms with Crippen LogP contribution in [0.1, 0.15) is 22.8 Å². The number of nitrogens with zero attached hydrogens (tertiary/aromatic N) is 1. The molecule has 1 N–H and O–H groups in total. The minimum Gasteiger partial charge on any atom is -0.454 e. The number of hydrogen-bond donors (Lipinski definition) is 1. The van der Waals surface area contributed by atoms with Crippen LogP contribution < -0.4 is 5.32 Å². The lowest BCUT2D eigenvalue weighted by molar-refractivity contribution is -0.153. The lowest BCUT2D eigenvalue weighted by atomic mass is 10.2. The second-order valence-corrected chi connectivity index (χ2v) is 7.15. The largest absolute Gasteiger partial charge is 0.454 e. The van der Waals surface area contributed by atoms with Crippen molar-refractivity contribution in [2.75, 3.05) is 19.9 Å². The number of ether oxygens (including phenoxy) is 1. The van der Waals surface area contributed by atoms with Gasteiger partial charge in [0.25, 0.3) is 11.8 Å². The Labute approximate surface area is 169 Å². The van der Waals surface area contributed by atoms with Gasteiger partial charge in [0.1, 0.15) is 6.04 Å². The van der Waals surface area contributed by atoms with Gasteiger partial charge in [-0.1, -0.05) is 30.3 Å². The molecule has 0 aliphatic rings. The predicted molar refractivity (Wildman–Crippen MR) is 109 cm³/mol. The van der Waals surface area contributed by atoms with E-state index in [2.05, 4.69) is 5.32 Å². The van der Waals surface area contributed by atoms with Crippen LogP contribution in [0.4, 0.5) is 0 Å². The summed E-state index contributed by atoms with van der Waals surface area (Å²) in [5.74, 6) is -1.35. The first-order valence-corrected chi connectivity index (χ1v) is 10.0. The van der Waals surface area contributed by atoms with Crippen LogP contribution >= 0.6 is 11.8 Å². The van der Waals surface area contributed by atoms with E-state index in [4.69, 9.17) is 4.74 Å². The van der Waals surface area contributed by atoms with Gasteiger partial charge < -0.3 is 15.0 Å². The van der Waals surface area contributed by atoms with Gasteiger partial charge in [-0.3, -0.25) is 9.59 Å². The van der Waals surface area contributed by atoms with Crippen LogP contribution in [0.25, 0.3) is 0 Å². The number of rotatable bonds is 8. The summed E-state index contributed by atoms with van der Waals surface area (Å²) in [7, 11) is 1.65. The molecule has 2 aromatic carbocycles. The zero-order valence-corrected chi connectivity index (χ0v) is 17.0. The standard InChI is InChI=1S/C21H24N2O4S/c1-15(22-20(25)17-7-5-4-6-8-17)21(26)27-14-19(24)23(2)13-16-9-11-18(28-3)12-10-16/h4-12,15H,13-14H2,1-3H3,(H,22,25)/t15-/m0/s1. The van der Waals surface area contributed by atoms with Crippen molar-refractivity contribution in [3.05, 3.63) is 65.7 Å². The molecule has 1 atom stereocenters. The van der Waals surface area contributed by atoms with Gasteiger partial charge in [0, 0.05) is 24.1 Å². The molecule has 6 nitrogen and oxygen atoms in total. The second-order valence-electron chi connectivity index (χ2n) is 6.27. The third-order valence-corrected chi connectivity index (χ3v) is 4.82. The first kappa shape index (κ1) is 21.5. The first-order valence-electron chi connectivity index (χ1n) is 8.80. The van der Waals surface area contributed by atoms with E-state index in [-0.39, 0.29) is 18.4 Å². The molecule has 0 spiro atoms. The Kier molecular flexibility index (Phi) is 8.07. The molecular weight excluding hydrogens is 376 g/mol. The van der Waals surface area contributed by atoms with Crippen molar-refractivity contribution in [3.8, 4) is 0 Å². The molecule has 0 radical (unpaired) electrons. The van der Waals surface area contributed by atoms with E-state index in [0.29, 0.717) is 12.1 Å². The van der Waals surface area contributed by atoms with E-state index in [1.165, 1.54) is 11.8 Å². The minimum atomic E-state index is -0.857. The lowest BCUT2D eigenvalue weighted by Gasteiger charge is -2.18. The van der Waals surface area contributed by atoms with E-state index >= 15 is 0 Å². The molecule has 0 unspecified atom stereocenters. The summed E-state index contributed by atoms with van der Waals surface area (Å²) in [4.78, 5) is 39.0. The zero-order valence-electron chi connectivity index (χ0n) is 16.2. The van der Waals surface area contributed by atoms with Gasteiger partial charge in [0.2, 0.25) is 0 Å². The molecule has 0 saturated heterocycles. The molecule has 0 aliphatic carbocycles. The van der Waals surface area contributed by atoms with Crippen LogP contribution in [-0.2, 0) is 20.9 Å². The molecule has 2 amide bonds. The summed E-state index contributed by atoms with van der Waals surface area (Å²) in [5, 5.41) is 2.56. The highest BCUT2D eigenvalue weighted by molar-refractivity contribution is 7.98. The number of carbonyl (C=O) groups is 3. The Bertz CT molecular complexity index is 809. The highest BCUT2D eigenvalue weighted by Gasteiger charge is 2.20. The summed E-state index contributed by atoms with van der Waals surface area (Å²) >= 11 is 1.65. The van der Waals surface area contributed by atoms with Crippen LogP contribution in [0.5, 0.6) is 0 Å². The molecule has 0 fully saturated rings. The Balaban J connectivity index is 1.78. The van der Waals surface area contributed by atoms with Crippen LogP contribution in [0, 0.1) is 0 Å². The van der Waals surface area contributed by atoms with Gasteiger partial charge in [-0.15, -0.1) is 11.8 Å². The van der Waals surface area contributed by atoms with Crippen molar-refractivity contribution < 1.29 is 19.1 Å². The van der Waals surface area contributed by atoms with Crippen molar-refractivity contribution >= 4 is 29.5 Å². The monoisotopic (exact) mass is 400 g/mol. The van der Waals surface area contributed by atoms with E-state index in [1.807, 2.05) is 30.5 Å². The highest BCUT2D eigenvalue weighted by Crippen LogP contribution is 2.15. The van der Waals surface area contributed by atoms with E-state index in [9.17, 15) is 14.4 Å². The topological polar surface area (TPSA) is 75.7 Å². The molecule has 0 aliphatic heterocycles. The van der Waals surface area contributed by atoms with Gasteiger partial charge in [-0.2, -0.15) is 0 Å². The minimum absolute atomic E-state index is 0.316. The summed E-state index contributed by atoms with van der Waals surface area (Å²) in [6.45, 7) is 1.57. The van der Waals surface area contributed by atoms with Crippen molar-refractivity contribution in [1.82, 2.24) is 10.2 Å². The van der Waals surface area contributed by atoms with Crippen LogP contribution in [0.15, 0.2) is 59.5 Å². The number of thioether (sulfide) groups is 1. The summed E-state index contributed by atoms with van der Waals surface area (Å²) < 4.78 is 5.05. The quantitative estimate of drug-likeness (QED) is 0.545. The Morgan fingerprint density at radius 1 is 1.07 bits per heavy atom. The summed E-state index contributed by atoms with van der Waals surface area (Å²) in [6, 6.07) is 15.6.